The first-order valence-corrected chi connectivity index (χ1v) is 10.9. The van der Waals surface area contributed by atoms with Gasteiger partial charge in [0.15, 0.2) is 0 Å². The Morgan fingerprint density at radius 2 is 1.85 bits per heavy atom. The maximum absolute atomic E-state index is 12.9. The van der Waals surface area contributed by atoms with Gasteiger partial charge in [-0.1, -0.05) is 30.7 Å². The molecule has 0 aromatic heterocycles. The quantitative estimate of drug-likeness (QED) is 0.780. The van der Waals surface area contributed by atoms with Gasteiger partial charge in [0.1, 0.15) is 0 Å². The zero-order chi connectivity index (χ0) is 18.7. The lowest BCUT2D eigenvalue weighted by molar-refractivity contribution is -0.132. The standard InChI is InChI=1S/C18H26ClN3O3S/c1-15-6-10-20(11-7-15)18(23)14-22-9-3-8-21(26(22,24)25)13-16-4-2-5-17(19)12-16/h2,4-5,12,15H,3,6-11,13-14H2,1H3. The largest absolute Gasteiger partial charge is 0.342 e. The van der Waals surface area contributed by atoms with Gasteiger partial charge in [0.05, 0.1) is 6.54 Å². The highest BCUT2D eigenvalue weighted by Gasteiger charge is 2.35. The summed E-state index contributed by atoms with van der Waals surface area (Å²) in [4.78, 5) is 14.4. The van der Waals surface area contributed by atoms with Crippen LogP contribution in [0.4, 0.5) is 0 Å². The molecule has 26 heavy (non-hydrogen) atoms. The van der Waals surface area contributed by atoms with Gasteiger partial charge in [0.2, 0.25) is 5.91 Å². The third-order valence-electron chi connectivity index (χ3n) is 5.16. The molecule has 1 aromatic carbocycles. The van der Waals surface area contributed by atoms with Crippen LogP contribution >= 0.6 is 11.6 Å². The number of halogens is 1. The highest BCUT2D eigenvalue weighted by atomic mass is 35.5. The number of likely N-dealkylation sites (tertiary alicyclic amines) is 1. The van der Waals surface area contributed by atoms with Crippen LogP contribution in [0.5, 0.6) is 0 Å². The third kappa shape index (κ3) is 4.57. The predicted octanol–water partition coefficient (Wildman–Crippen LogP) is 2.35. The molecular weight excluding hydrogens is 374 g/mol. The van der Waals surface area contributed by atoms with Gasteiger partial charge in [0.25, 0.3) is 10.2 Å². The lowest BCUT2D eigenvalue weighted by Crippen LogP contribution is -2.53. The second-order valence-corrected chi connectivity index (χ2v) is 9.59. The first-order chi connectivity index (χ1) is 12.4. The average molecular weight is 400 g/mol. The number of amides is 1. The van der Waals surface area contributed by atoms with Crippen molar-refractivity contribution in [1.29, 1.82) is 0 Å². The Kier molecular flexibility index (Phi) is 6.22. The highest BCUT2D eigenvalue weighted by Crippen LogP contribution is 2.22. The van der Waals surface area contributed by atoms with Crippen molar-refractivity contribution in [2.75, 3.05) is 32.7 Å². The van der Waals surface area contributed by atoms with Crippen molar-refractivity contribution >= 4 is 27.7 Å². The van der Waals surface area contributed by atoms with E-state index in [9.17, 15) is 13.2 Å². The van der Waals surface area contributed by atoms with E-state index in [2.05, 4.69) is 6.92 Å². The van der Waals surface area contributed by atoms with E-state index in [1.165, 1.54) is 8.61 Å². The zero-order valence-corrected chi connectivity index (χ0v) is 16.7. The summed E-state index contributed by atoms with van der Waals surface area (Å²) >= 11 is 6.00. The number of piperidine rings is 1. The van der Waals surface area contributed by atoms with Crippen LogP contribution in [0.15, 0.2) is 24.3 Å². The molecule has 3 rings (SSSR count). The SMILES string of the molecule is CC1CCN(C(=O)CN2CCCN(Cc3cccc(Cl)c3)S2(=O)=O)CC1. The lowest BCUT2D eigenvalue weighted by atomic mass is 9.99. The molecule has 0 aliphatic carbocycles. The van der Waals surface area contributed by atoms with Gasteiger partial charge in [-0.3, -0.25) is 4.79 Å². The number of nitrogens with zero attached hydrogens (tertiary/aromatic N) is 3. The summed E-state index contributed by atoms with van der Waals surface area (Å²) in [5.74, 6) is 0.538. The number of carbonyl (C=O) groups is 1. The van der Waals surface area contributed by atoms with Crippen LogP contribution in [0.25, 0.3) is 0 Å². The summed E-state index contributed by atoms with van der Waals surface area (Å²) in [6, 6.07) is 7.21. The van der Waals surface area contributed by atoms with Crippen LogP contribution in [0.2, 0.25) is 5.02 Å². The van der Waals surface area contributed by atoms with Gasteiger partial charge in [-0.2, -0.15) is 17.0 Å². The van der Waals surface area contributed by atoms with Crippen LogP contribution in [0.3, 0.4) is 0 Å². The molecule has 144 valence electrons. The normalized spacial score (nSPS) is 22.5. The van der Waals surface area contributed by atoms with Crippen molar-refractivity contribution < 1.29 is 13.2 Å². The molecular formula is C18H26ClN3O3S. The van der Waals surface area contributed by atoms with Gasteiger partial charge in [-0.25, -0.2) is 0 Å². The van der Waals surface area contributed by atoms with Crippen molar-refractivity contribution in [3.63, 3.8) is 0 Å². The first kappa shape index (κ1) is 19.6. The van der Waals surface area contributed by atoms with Crippen molar-refractivity contribution in [2.24, 2.45) is 5.92 Å². The van der Waals surface area contributed by atoms with Crippen molar-refractivity contribution in [3.8, 4) is 0 Å². The van der Waals surface area contributed by atoms with E-state index in [0.29, 0.717) is 30.5 Å². The number of benzene rings is 1. The molecule has 2 aliphatic rings. The van der Waals surface area contributed by atoms with E-state index in [-0.39, 0.29) is 19.0 Å². The smallest absolute Gasteiger partial charge is 0.282 e. The molecule has 0 radical (unpaired) electrons. The Labute approximate surface area is 160 Å². The molecule has 1 aromatic rings. The molecule has 0 bridgehead atoms. The van der Waals surface area contributed by atoms with E-state index < -0.39 is 10.2 Å². The minimum absolute atomic E-state index is 0.0667. The predicted molar refractivity (Wildman–Crippen MR) is 102 cm³/mol. The van der Waals surface area contributed by atoms with Gasteiger partial charge in [0, 0.05) is 37.7 Å². The molecule has 0 unspecified atom stereocenters. The van der Waals surface area contributed by atoms with Gasteiger partial charge in [-0.15, -0.1) is 0 Å². The molecule has 2 saturated heterocycles. The van der Waals surface area contributed by atoms with Crippen LogP contribution in [-0.2, 0) is 21.5 Å². The number of carbonyl (C=O) groups excluding carboxylic acids is 1. The summed E-state index contributed by atoms with van der Waals surface area (Å²) in [5.41, 5.74) is 0.847. The topological polar surface area (TPSA) is 60.9 Å². The molecule has 0 spiro atoms. The molecule has 1 amide bonds. The maximum Gasteiger partial charge on any atom is 0.282 e. The van der Waals surface area contributed by atoms with E-state index >= 15 is 0 Å². The Bertz CT molecular complexity index is 748. The summed E-state index contributed by atoms with van der Waals surface area (Å²) in [5, 5.41) is 0.586. The fourth-order valence-corrected chi connectivity index (χ4v) is 5.33. The Balaban J connectivity index is 1.65. The van der Waals surface area contributed by atoms with Gasteiger partial charge < -0.3 is 4.90 Å². The van der Waals surface area contributed by atoms with E-state index in [1.807, 2.05) is 12.1 Å². The number of hydrogen-bond acceptors (Lipinski definition) is 3. The van der Waals surface area contributed by atoms with Crippen molar-refractivity contribution in [1.82, 2.24) is 13.5 Å². The van der Waals surface area contributed by atoms with Crippen LogP contribution in [0.1, 0.15) is 31.7 Å². The average Bonchev–Trinajstić information content (AvgIpc) is 2.59. The summed E-state index contributed by atoms with van der Waals surface area (Å²) in [6.45, 7) is 4.69. The first-order valence-electron chi connectivity index (χ1n) is 9.13. The minimum Gasteiger partial charge on any atom is -0.342 e. The minimum atomic E-state index is -3.64. The second-order valence-electron chi connectivity index (χ2n) is 7.22. The van der Waals surface area contributed by atoms with E-state index in [0.717, 1.165) is 31.5 Å². The van der Waals surface area contributed by atoms with Gasteiger partial charge in [-0.05, 0) is 42.9 Å². The van der Waals surface area contributed by atoms with Crippen LogP contribution < -0.4 is 0 Å². The highest BCUT2D eigenvalue weighted by molar-refractivity contribution is 7.86. The summed E-state index contributed by atoms with van der Waals surface area (Å²) < 4.78 is 28.6. The molecule has 0 N–H and O–H groups in total. The van der Waals surface area contributed by atoms with Crippen molar-refractivity contribution in [2.45, 2.75) is 32.7 Å². The second kappa shape index (κ2) is 8.25. The van der Waals surface area contributed by atoms with Crippen LogP contribution in [0, 0.1) is 5.92 Å². The number of hydrogen-bond donors (Lipinski definition) is 0. The molecule has 2 aliphatic heterocycles. The molecule has 8 heteroatoms. The molecule has 2 heterocycles. The van der Waals surface area contributed by atoms with Gasteiger partial charge >= 0.3 is 0 Å². The van der Waals surface area contributed by atoms with E-state index in [1.54, 1.807) is 17.0 Å². The van der Waals surface area contributed by atoms with Crippen molar-refractivity contribution in [3.05, 3.63) is 34.9 Å². The maximum atomic E-state index is 12.9. The summed E-state index contributed by atoms with van der Waals surface area (Å²) in [6.07, 6.45) is 2.68. The monoisotopic (exact) mass is 399 g/mol. The molecule has 0 saturated carbocycles. The number of rotatable bonds is 4. The molecule has 6 nitrogen and oxygen atoms in total. The lowest BCUT2D eigenvalue weighted by Gasteiger charge is -2.36. The fraction of sp³-hybridized carbons (Fsp3) is 0.611. The van der Waals surface area contributed by atoms with Crippen LogP contribution in [-0.4, -0.2) is 60.6 Å². The molecule has 2 fully saturated rings. The molecule has 0 atom stereocenters. The zero-order valence-electron chi connectivity index (χ0n) is 15.1. The fourth-order valence-electron chi connectivity index (χ4n) is 3.49. The Hall–Kier alpha value is -1.15. The Morgan fingerprint density at radius 1 is 1.15 bits per heavy atom. The summed E-state index contributed by atoms with van der Waals surface area (Å²) in [7, 11) is -3.64. The Morgan fingerprint density at radius 3 is 2.54 bits per heavy atom. The third-order valence-corrected chi connectivity index (χ3v) is 7.33. The van der Waals surface area contributed by atoms with E-state index in [4.69, 9.17) is 11.6 Å².